The number of nitrogens with two attached hydrogens (primary N) is 1. The third-order valence-corrected chi connectivity index (χ3v) is 3.27. The number of hydrogen-bond donors (Lipinski definition) is 1. The van der Waals surface area contributed by atoms with Crippen molar-refractivity contribution >= 4 is 27.5 Å². The Morgan fingerprint density at radius 3 is 2.69 bits per heavy atom. The standard InChI is InChI=1S/C10H11BrClN/c11-7-3-4-8(9(12)5-7)10(13)6-1-2-6/h3-6,10H,1-2,13H2. The topological polar surface area (TPSA) is 26.0 Å². The van der Waals surface area contributed by atoms with Crippen LogP contribution < -0.4 is 5.73 Å². The average Bonchev–Trinajstić information content (AvgIpc) is 2.85. The molecule has 1 unspecified atom stereocenters. The summed E-state index contributed by atoms with van der Waals surface area (Å²) in [4.78, 5) is 0. The lowest BCUT2D eigenvalue weighted by Gasteiger charge is -2.12. The summed E-state index contributed by atoms with van der Waals surface area (Å²) in [6, 6.07) is 6.03. The van der Waals surface area contributed by atoms with Gasteiger partial charge in [0.25, 0.3) is 0 Å². The molecule has 1 aliphatic carbocycles. The van der Waals surface area contributed by atoms with Gasteiger partial charge in [-0.25, -0.2) is 0 Å². The highest BCUT2D eigenvalue weighted by Gasteiger charge is 2.30. The molecule has 2 rings (SSSR count). The van der Waals surface area contributed by atoms with E-state index in [1.165, 1.54) is 12.8 Å². The first kappa shape index (κ1) is 9.50. The summed E-state index contributed by atoms with van der Waals surface area (Å²) in [7, 11) is 0. The van der Waals surface area contributed by atoms with Crippen LogP contribution in [0.5, 0.6) is 0 Å². The summed E-state index contributed by atoms with van der Waals surface area (Å²) < 4.78 is 1.00. The van der Waals surface area contributed by atoms with Crippen LogP contribution in [-0.2, 0) is 0 Å². The van der Waals surface area contributed by atoms with Crippen LogP contribution in [0, 0.1) is 5.92 Å². The fraction of sp³-hybridized carbons (Fsp3) is 0.400. The van der Waals surface area contributed by atoms with Gasteiger partial charge in [0.2, 0.25) is 0 Å². The fourth-order valence-corrected chi connectivity index (χ4v) is 2.28. The second-order valence-corrected chi connectivity index (χ2v) is 4.85. The van der Waals surface area contributed by atoms with Crippen molar-refractivity contribution in [1.82, 2.24) is 0 Å². The summed E-state index contributed by atoms with van der Waals surface area (Å²) in [5.41, 5.74) is 7.13. The lowest BCUT2D eigenvalue weighted by molar-refractivity contribution is 0.633. The van der Waals surface area contributed by atoms with E-state index in [-0.39, 0.29) is 6.04 Å². The summed E-state index contributed by atoms with van der Waals surface area (Å²) in [5, 5.41) is 0.772. The van der Waals surface area contributed by atoms with Crippen LogP contribution in [-0.4, -0.2) is 0 Å². The molecule has 0 aliphatic heterocycles. The van der Waals surface area contributed by atoms with E-state index in [2.05, 4.69) is 15.9 Å². The van der Waals surface area contributed by atoms with E-state index in [0.29, 0.717) is 5.92 Å². The van der Waals surface area contributed by atoms with Crippen LogP contribution in [0.2, 0.25) is 5.02 Å². The number of benzene rings is 1. The van der Waals surface area contributed by atoms with E-state index < -0.39 is 0 Å². The SMILES string of the molecule is NC(c1ccc(Br)cc1Cl)C1CC1. The molecule has 0 heterocycles. The summed E-state index contributed by atoms with van der Waals surface area (Å²) >= 11 is 9.46. The second-order valence-electron chi connectivity index (χ2n) is 3.53. The first-order valence-corrected chi connectivity index (χ1v) is 5.56. The van der Waals surface area contributed by atoms with Gasteiger partial charge in [-0.2, -0.15) is 0 Å². The molecule has 1 aliphatic rings. The molecule has 0 radical (unpaired) electrons. The van der Waals surface area contributed by atoms with Crippen LogP contribution in [0.4, 0.5) is 0 Å². The van der Waals surface area contributed by atoms with Gasteiger partial charge >= 0.3 is 0 Å². The Bertz CT molecular complexity index is 323. The van der Waals surface area contributed by atoms with E-state index in [1.807, 2.05) is 18.2 Å². The summed E-state index contributed by atoms with van der Waals surface area (Å²) in [6.07, 6.45) is 2.49. The lowest BCUT2D eigenvalue weighted by Crippen LogP contribution is -2.12. The van der Waals surface area contributed by atoms with Crippen LogP contribution >= 0.6 is 27.5 Å². The molecule has 0 spiro atoms. The van der Waals surface area contributed by atoms with Crippen molar-refractivity contribution in [2.75, 3.05) is 0 Å². The minimum absolute atomic E-state index is 0.126. The molecule has 0 saturated heterocycles. The average molecular weight is 261 g/mol. The first-order valence-electron chi connectivity index (χ1n) is 4.39. The zero-order chi connectivity index (χ0) is 9.42. The molecule has 1 atom stereocenters. The molecule has 70 valence electrons. The minimum atomic E-state index is 0.126. The highest BCUT2D eigenvalue weighted by atomic mass is 79.9. The quantitative estimate of drug-likeness (QED) is 0.865. The molecule has 0 bridgehead atoms. The molecule has 1 saturated carbocycles. The van der Waals surface area contributed by atoms with Crippen molar-refractivity contribution in [2.45, 2.75) is 18.9 Å². The first-order chi connectivity index (χ1) is 6.18. The van der Waals surface area contributed by atoms with Gasteiger partial charge in [0.1, 0.15) is 0 Å². The molecule has 0 amide bonds. The van der Waals surface area contributed by atoms with E-state index in [4.69, 9.17) is 17.3 Å². The van der Waals surface area contributed by atoms with E-state index in [0.717, 1.165) is 15.1 Å². The van der Waals surface area contributed by atoms with Crippen LogP contribution in [0.15, 0.2) is 22.7 Å². The molecule has 1 aromatic rings. The molecule has 2 N–H and O–H groups in total. The monoisotopic (exact) mass is 259 g/mol. The Balaban J connectivity index is 2.28. The molecular formula is C10H11BrClN. The normalized spacial score (nSPS) is 18.7. The number of rotatable bonds is 2. The van der Waals surface area contributed by atoms with Crippen LogP contribution in [0.1, 0.15) is 24.4 Å². The maximum absolute atomic E-state index is 6.09. The van der Waals surface area contributed by atoms with Gasteiger partial charge in [0, 0.05) is 15.5 Å². The third-order valence-electron chi connectivity index (χ3n) is 2.45. The zero-order valence-electron chi connectivity index (χ0n) is 7.13. The van der Waals surface area contributed by atoms with Crippen molar-refractivity contribution in [3.8, 4) is 0 Å². The van der Waals surface area contributed by atoms with Gasteiger partial charge in [0.15, 0.2) is 0 Å². The van der Waals surface area contributed by atoms with Crippen molar-refractivity contribution < 1.29 is 0 Å². The number of hydrogen-bond acceptors (Lipinski definition) is 1. The molecule has 0 aromatic heterocycles. The Labute approximate surface area is 91.4 Å². The van der Waals surface area contributed by atoms with E-state index in [1.54, 1.807) is 0 Å². The smallest absolute Gasteiger partial charge is 0.0465 e. The lowest BCUT2D eigenvalue weighted by atomic mass is 10.0. The minimum Gasteiger partial charge on any atom is -0.324 e. The highest BCUT2D eigenvalue weighted by molar-refractivity contribution is 9.10. The van der Waals surface area contributed by atoms with Crippen LogP contribution in [0.3, 0.4) is 0 Å². The number of halogens is 2. The zero-order valence-corrected chi connectivity index (χ0v) is 9.48. The second kappa shape index (κ2) is 3.60. The molecule has 1 nitrogen and oxygen atoms in total. The maximum atomic E-state index is 6.09. The molecule has 1 aromatic carbocycles. The van der Waals surface area contributed by atoms with Crippen molar-refractivity contribution in [3.63, 3.8) is 0 Å². The van der Waals surface area contributed by atoms with E-state index in [9.17, 15) is 0 Å². The van der Waals surface area contributed by atoms with Gasteiger partial charge < -0.3 is 5.73 Å². The van der Waals surface area contributed by atoms with E-state index >= 15 is 0 Å². The molecule has 1 fully saturated rings. The van der Waals surface area contributed by atoms with Crippen molar-refractivity contribution in [1.29, 1.82) is 0 Å². The van der Waals surface area contributed by atoms with Gasteiger partial charge in [-0.05, 0) is 36.5 Å². The Morgan fingerprint density at radius 1 is 1.46 bits per heavy atom. The Morgan fingerprint density at radius 2 is 2.15 bits per heavy atom. The van der Waals surface area contributed by atoms with Gasteiger partial charge in [0.05, 0.1) is 0 Å². The predicted molar refractivity (Wildman–Crippen MR) is 58.8 cm³/mol. The van der Waals surface area contributed by atoms with Gasteiger partial charge in [-0.1, -0.05) is 33.6 Å². The van der Waals surface area contributed by atoms with Gasteiger partial charge in [-0.15, -0.1) is 0 Å². The third kappa shape index (κ3) is 2.06. The molecule has 13 heavy (non-hydrogen) atoms. The predicted octanol–water partition coefficient (Wildman–Crippen LogP) is 3.51. The highest BCUT2D eigenvalue weighted by Crippen LogP contribution is 2.41. The molecular weight excluding hydrogens is 249 g/mol. The Kier molecular flexibility index (Phi) is 2.63. The molecule has 3 heteroatoms. The largest absolute Gasteiger partial charge is 0.324 e. The van der Waals surface area contributed by atoms with Crippen molar-refractivity contribution in [3.05, 3.63) is 33.3 Å². The van der Waals surface area contributed by atoms with Crippen molar-refractivity contribution in [2.24, 2.45) is 11.7 Å². The fourth-order valence-electron chi connectivity index (χ4n) is 1.48. The van der Waals surface area contributed by atoms with Crippen LogP contribution in [0.25, 0.3) is 0 Å². The maximum Gasteiger partial charge on any atom is 0.0465 e. The summed E-state index contributed by atoms with van der Waals surface area (Å²) in [5.74, 6) is 0.652. The summed E-state index contributed by atoms with van der Waals surface area (Å²) in [6.45, 7) is 0. The Hall–Kier alpha value is -0.0500. The van der Waals surface area contributed by atoms with Gasteiger partial charge in [-0.3, -0.25) is 0 Å².